The van der Waals surface area contributed by atoms with Gasteiger partial charge in [0.1, 0.15) is 6.04 Å². The molecule has 2 atom stereocenters. The molecule has 1 aliphatic heterocycles. The van der Waals surface area contributed by atoms with E-state index in [4.69, 9.17) is 9.84 Å². The predicted molar refractivity (Wildman–Crippen MR) is 62.5 cm³/mol. The molecule has 2 unspecified atom stereocenters. The third-order valence-corrected chi connectivity index (χ3v) is 3.01. The number of hydrogen-bond acceptors (Lipinski definition) is 3. The number of aliphatic carboxylic acids is 1. The van der Waals surface area contributed by atoms with E-state index in [1.807, 2.05) is 0 Å². The molecule has 1 rings (SSSR count). The molecule has 1 saturated heterocycles. The van der Waals surface area contributed by atoms with Gasteiger partial charge in [0.25, 0.3) is 0 Å². The van der Waals surface area contributed by atoms with Crippen molar-refractivity contribution in [3.05, 3.63) is 0 Å². The first-order valence-corrected chi connectivity index (χ1v) is 6.31. The maximum Gasteiger partial charge on any atom is 0.320 e. The van der Waals surface area contributed by atoms with E-state index in [-0.39, 0.29) is 6.10 Å². The molecule has 0 amide bonds. The third kappa shape index (κ3) is 4.94. The molecule has 4 nitrogen and oxygen atoms in total. The van der Waals surface area contributed by atoms with Crippen LogP contribution in [0.5, 0.6) is 0 Å². The molecule has 1 aliphatic rings. The zero-order valence-corrected chi connectivity index (χ0v) is 10.1. The van der Waals surface area contributed by atoms with Gasteiger partial charge in [0, 0.05) is 13.2 Å². The largest absolute Gasteiger partial charge is 0.480 e. The third-order valence-electron chi connectivity index (χ3n) is 3.01. The molecule has 0 spiro atoms. The Morgan fingerprint density at radius 3 is 2.94 bits per heavy atom. The molecule has 0 aromatic heterocycles. The van der Waals surface area contributed by atoms with Crippen LogP contribution in [0.3, 0.4) is 0 Å². The van der Waals surface area contributed by atoms with Crippen molar-refractivity contribution in [1.82, 2.24) is 5.32 Å². The van der Waals surface area contributed by atoms with Crippen LogP contribution in [0, 0.1) is 0 Å². The topological polar surface area (TPSA) is 58.6 Å². The van der Waals surface area contributed by atoms with Crippen LogP contribution in [0.2, 0.25) is 0 Å². The van der Waals surface area contributed by atoms with Crippen molar-refractivity contribution in [3.8, 4) is 0 Å². The Morgan fingerprint density at radius 2 is 2.38 bits per heavy atom. The van der Waals surface area contributed by atoms with Gasteiger partial charge in [0.2, 0.25) is 0 Å². The quantitative estimate of drug-likeness (QED) is 0.623. The summed E-state index contributed by atoms with van der Waals surface area (Å²) in [5.74, 6) is -0.742. The zero-order valence-electron chi connectivity index (χ0n) is 10.1. The second kappa shape index (κ2) is 7.63. The summed E-state index contributed by atoms with van der Waals surface area (Å²) in [7, 11) is 0. The fourth-order valence-corrected chi connectivity index (χ4v) is 1.99. The minimum atomic E-state index is -0.742. The highest BCUT2D eigenvalue weighted by atomic mass is 16.5. The van der Waals surface area contributed by atoms with Gasteiger partial charge in [-0.2, -0.15) is 0 Å². The molecule has 2 N–H and O–H groups in total. The van der Waals surface area contributed by atoms with Crippen LogP contribution in [0.1, 0.15) is 45.4 Å². The molecule has 1 heterocycles. The number of carboxylic acids is 1. The summed E-state index contributed by atoms with van der Waals surface area (Å²) in [6.45, 7) is 3.61. The highest BCUT2D eigenvalue weighted by molar-refractivity contribution is 5.73. The molecule has 1 fully saturated rings. The molecule has 94 valence electrons. The van der Waals surface area contributed by atoms with E-state index < -0.39 is 12.0 Å². The van der Waals surface area contributed by atoms with Crippen LogP contribution in [0.15, 0.2) is 0 Å². The van der Waals surface area contributed by atoms with E-state index in [1.165, 1.54) is 0 Å². The Hall–Kier alpha value is -0.610. The molecular formula is C12H23NO3. The standard InChI is InChI=1S/C12H23NO3/c1-2-3-4-7-11(12(14)15)13-9-10-6-5-8-16-10/h10-11,13H,2-9H2,1H3,(H,14,15). The van der Waals surface area contributed by atoms with Crippen molar-refractivity contribution in [2.75, 3.05) is 13.2 Å². The Kier molecular flexibility index (Phi) is 6.42. The lowest BCUT2D eigenvalue weighted by molar-refractivity contribution is -0.139. The zero-order chi connectivity index (χ0) is 11.8. The molecule has 0 aliphatic carbocycles. The number of carboxylic acid groups (broad SMARTS) is 1. The van der Waals surface area contributed by atoms with Gasteiger partial charge in [-0.1, -0.05) is 26.2 Å². The average Bonchev–Trinajstić information content (AvgIpc) is 2.75. The predicted octanol–water partition coefficient (Wildman–Crippen LogP) is 1.79. The van der Waals surface area contributed by atoms with Crippen LogP contribution >= 0.6 is 0 Å². The number of ether oxygens (including phenoxy) is 1. The highest BCUT2D eigenvalue weighted by Crippen LogP contribution is 2.11. The fourth-order valence-electron chi connectivity index (χ4n) is 1.99. The van der Waals surface area contributed by atoms with E-state index in [9.17, 15) is 4.79 Å². The van der Waals surface area contributed by atoms with Gasteiger partial charge >= 0.3 is 5.97 Å². The van der Waals surface area contributed by atoms with Gasteiger partial charge in [-0.15, -0.1) is 0 Å². The molecule has 0 aromatic carbocycles. The summed E-state index contributed by atoms with van der Waals surface area (Å²) in [5, 5.41) is 12.1. The Balaban J connectivity index is 2.18. The molecule has 0 radical (unpaired) electrons. The lowest BCUT2D eigenvalue weighted by atomic mass is 10.1. The lowest BCUT2D eigenvalue weighted by Gasteiger charge is -2.17. The van der Waals surface area contributed by atoms with Crippen molar-refractivity contribution in [2.45, 2.75) is 57.6 Å². The summed E-state index contributed by atoms with van der Waals surface area (Å²) in [6.07, 6.45) is 6.28. The Bertz CT molecular complexity index is 202. The average molecular weight is 229 g/mol. The van der Waals surface area contributed by atoms with Crippen LogP contribution in [0.4, 0.5) is 0 Å². The Morgan fingerprint density at radius 1 is 1.56 bits per heavy atom. The van der Waals surface area contributed by atoms with E-state index >= 15 is 0 Å². The molecule has 0 bridgehead atoms. The Labute approximate surface area is 97.4 Å². The van der Waals surface area contributed by atoms with Crippen molar-refractivity contribution in [2.24, 2.45) is 0 Å². The van der Waals surface area contributed by atoms with Crippen LogP contribution < -0.4 is 5.32 Å². The van der Waals surface area contributed by atoms with Gasteiger partial charge < -0.3 is 15.2 Å². The smallest absolute Gasteiger partial charge is 0.320 e. The van der Waals surface area contributed by atoms with Gasteiger partial charge in [0.05, 0.1) is 6.10 Å². The molecule has 0 aromatic rings. The summed E-state index contributed by atoms with van der Waals surface area (Å²) in [6, 6.07) is -0.407. The number of hydrogen-bond donors (Lipinski definition) is 2. The molecule has 0 saturated carbocycles. The second-order valence-electron chi connectivity index (χ2n) is 4.43. The van der Waals surface area contributed by atoms with Crippen LogP contribution in [-0.2, 0) is 9.53 Å². The summed E-state index contributed by atoms with van der Waals surface area (Å²) in [5.41, 5.74) is 0. The first-order chi connectivity index (χ1) is 7.74. The maximum absolute atomic E-state index is 11.0. The number of unbranched alkanes of at least 4 members (excludes halogenated alkanes) is 2. The van der Waals surface area contributed by atoms with Gasteiger partial charge in [-0.05, 0) is 19.3 Å². The minimum Gasteiger partial charge on any atom is -0.480 e. The highest BCUT2D eigenvalue weighted by Gasteiger charge is 2.20. The summed E-state index contributed by atoms with van der Waals surface area (Å²) < 4.78 is 5.45. The van der Waals surface area contributed by atoms with Gasteiger partial charge in [-0.3, -0.25) is 4.79 Å². The van der Waals surface area contributed by atoms with E-state index in [2.05, 4.69) is 12.2 Å². The lowest BCUT2D eigenvalue weighted by Crippen LogP contribution is -2.40. The number of carbonyl (C=O) groups is 1. The van der Waals surface area contributed by atoms with Crippen molar-refractivity contribution >= 4 is 5.97 Å². The molecule has 16 heavy (non-hydrogen) atoms. The van der Waals surface area contributed by atoms with E-state index in [1.54, 1.807) is 0 Å². The van der Waals surface area contributed by atoms with E-state index in [0.29, 0.717) is 6.54 Å². The number of nitrogens with one attached hydrogen (secondary N) is 1. The van der Waals surface area contributed by atoms with Crippen molar-refractivity contribution in [3.63, 3.8) is 0 Å². The second-order valence-corrected chi connectivity index (χ2v) is 4.43. The monoisotopic (exact) mass is 229 g/mol. The minimum absolute atomic E-state index is 0.216. The van der Waals surface area contributed by atoms with Gasteiger partial charge in [0.15, 0.2) is 0 Å². The fraction of sp³-hybridized carbons (Fsp3) is 0.917. The van der Waals surface area contributed by atoms with Crippen LogP contribution in [0.25, 0.3) is 0 Å². The molecular weight excluding hydrogens is 206 g/mol. The van der Waals surface area contributed by atoms with Crippen molar-refractivity contribution in [1.29, 1.82) is 0 Å². The molecule has 4 heteroatoms. The summed E-state index contributed by atoms with van der Waals surface area (Å²) >= 11 is 0. The van der Waals surface area contributed by atoms with Crippen molar-refractivity contribution < 1.29 is 14.6 Å². The van der Waals surface area contributed by atoms with Gasteiger partial charge in [-0.25, -0.2) is 0 Å². The summed E-state index contributed by atoms with van der Waals surface area (Å²) in [4.78, 5) is 11.0. The maximum atomic E-state index is 11.0. The number of rotatable bonds is 8. The SMILES string of the molecule is CCCCCC(NCC1CCCO1)C(=O)O. The first kappa shape index (κ1) is 13.5. The normalized spacial score (nSPS) is 22.2. The van der Waals surface area contributed by atoms with Crippen LogP contribution in [-0.4, -0.2) is 36.4 Å². The van der Waals surface area contributed by atoms with E-state index in [0.717, 1.165) is 45.1 Å². The first-order valence-electron chi connectivity index (χ1n) is 6.31.